The van der Waals surface area contributed by atoms with Crippen molar-refractivity contribution >= 4 is 34.0 Å². The van der Waals surface area contributed by atoms with Gasteiger partial charge in [-0.05, 0) is 48.6 Å². The number of hydrogen-bond donors (Lipinski definition) is 3. The van der Waals surface area contributed by atoms with Crippen molar-refractivity contribution in [2.24, 2.45) is 0 Å². The molecule has 1 saturated heterocycles. The fourth-order valence-corrected chi connectivity index (χ4v) is 4.41. The molecule has 4 aromatic rings. The largest absolute Gasteiger partial charge is 0.497 e. The molecule has 1 aliphatic heterocycles. The molecule has 4 N–H and O–H groups in total. The molecule has 0 aliphatic carbocycles. The van der Waals surface area contributed by atoms with Crippen LogP contribution in [-0.2, 0) is 0 Å². The lowest BCUT2D eigenvalue weighted by Crippen LogP contribution is -2.40. The highest BCUT2D eigenvalue weighted by molar-refractivity contribution is 5.98. The normalized spacial score (nSPS) is 14.2. The van der Waals surface area contributed by atoms with Crippen LogP contribution < -0.4 is 26.0 Å². The molecule has 34 heavy (non-hydrogen) atoms. The second-order valence-electron chi connectivity index (χ2n) is 8.30. The molecule has 0 spiro atoms. The van der Waals surface area contributed by atoms with Crippen molar-refractivity contribution in [1.29, 1.82) is 0 Å². The smallest absolute Gasteiger partial charge is 0.222 e. The van der Waals surface area contributed by atoms with Gasteiger partial charge >= 0.3 is 0 Å². The van der Waals surface area contributed by atoms with Gasteiger partial charge in [0.1, 0.15) is 5.75 Å². The van der Waals surface area contributed by atoms with Crippen LogP contribution in [-0.4, -0.2) is 53.2 Å². The molecule has 1 aliphatic rings. The molecule has 0 unspecified atom stereocenters. The van der Waals surface area contributed by atoms with Crippen LogP contribution in [0.3, 0.4) is 0 Å². The Hall–Kier alpha value is -4.14. The maximum absolute atomic E-state index is 6.03. The Morgan fingerprint density at radius 2 is 1.82 bits per heavy atom. The first kappa shape index (κ1) is 21.7. The predicted molar refractivity (Wildman–Crippen MR) is 136 cm³/mol. The molecule has 0 radical (unpaired) electrons. The number of fused-ring (bicyclic) bond motifs is 1. The Labute approximate surface area is 198 Å². The second kappa shape index (κ2) is 9.38. The summed E-state index contributed by atoms with van der Waals surface area (Å²) < 4.78 is 5.50. The SMILES string of the molecule is CNc1nccc(-c2cc(NC3CCN(c4nccnc4N)CC3)c3cc(OC)ccc3c2)n1. The number of nitrogens with zero attached hydrogens (tertiary/aromatic N) is 5. The lowest BCUT2D eigenvalue weighted by Gasteiger charge is -2.34. The van der Waals surface area contributed by atoms with Gasteiger partial charge in [-0.1, -0.05) is 6.07 Å². The van der Waals surface area contributed by atoms with Crippen LogP contribution in [0.1, 0.15) is 12.8 Å². The highest BCUT2D eigenvalue weighted by Gasteiger charge is 2.22. The summed E-state index contributed by atoms with van der Waals surface area (Å²) >= 11 is 0. The summed E-state index contributed by atoms with van der Waals surface area (Å²) in [6.45, 7) is 1.72. The number of rotatable bonds is 6. The number of ether oxygens (including phenoxy) is 1. The lowest BCUT2D eigenvalue weighted by atomic mass is 9.99. The van der Waals surface area contributed by atoms with E-state index in [-0.39, 0.29) is 0 Å². The van der Waals surface area contributed by atoms with Gasteiger partial charge in [0, 0.05) is 61.4 Å². The van der Waals surface area contributed by atoms with Gasteiger partial charge in [-0.3, -0.25) is 0 Å². The molecule has 5 rings (SSSR count). The summed E-state index contributed by atoms with van der Waals surface area (Å²) in [5.74, 6) is 2.67. The van der Waals surface area contributed by atoms with Gasteiger partial charge in [0.25, 0.3) is 0 Å². The van der Waals surface area contributed by atoms with Crippen LogP contribution in [0, 0.1) is 0 Å². The third kappa shape index (κ3) is 4.36. The minimum absolute atomic E-state index is 0.317. The lowest BCUT2D eigenvalue weighted by molar-refractivity contribution is 0.415. The number of hydrogen-bond acceptors (Lipinski definition) is 9. The van der Waals surface area contributed by atoms with Crippen molar-refractivity contribution in [3.05, 3.63) is 55.0 Å². The van der Waals surface area contributed by atoms with E-state index in [1.54, 1.807) is 25.7 Å². The Balaban J connectivity index is 1.44. The summed E-state index contributed by atoms with van der Waals surface area (Å²) in [6.07, 6.45) is 7.00. The third-order valence-electron chi connectivity index (χ3n) is 6.20. The average molecular weight is 457 g/mol. The molecule has 0 atom stereocenters. The average Bonchev–Trinajstić information content (AvgIpc) is 2.89. The Morgan fingerprint density at radius 3 is 2.59 bits per heavy atom. The summed E-state index contributed by atoms with van der Waals surface area (Å²) in [6, 6.07) is 12.7. The van der Waals surface area contributed by atoms with Gasteiger partial charge < -0.3 is 26.0 Å². The van der Waals surface area contributed by atoms with Crippen LogP contribution >= 0.6 is 0 Å². The number of aromatic nitrogens is 4. The number of nitrogen functional groups attached to an aromatic ring is 1. The van der Waals surface area contributed by atoms with Gasteiger partial charge in [-0.15, -0.1) is 0 Å². The zero-order valence-electron chi connectivity index (χ0n) is 19.3. The van der Waals surface area contributed by atoms with E-state index in [4.69, 9.17) is 10.5 Å². The van der Waals surface area contributed by atoms with Crippen molar-refractivity contribution in [2.75, 3.05) is 48.5 Å². The number of methoxy groups -OCH3 is 1. The Morgan fingerprint density at radius 1 is 1.00 bits per heavy atom. The number of nitrogens with two attached hydrogens (primary N) is 1. The van der Waals surface area contributed by atoms with E-state index >= 15 is 0 Å². The van der Waals surface area contributed by atoms with Crippen molar-refractivity contribution in [1.82, 2.24) is 19.9 Å². The third-order valence-corrected chi connectivity index (χ3v) is 6.20. The fourth-order valence-electron chi connectivity index (χ4n) is 4.41. The van der Waals surface area contributed by atoms with E-state index in [2.05, 4.69) is 59.7 Å². The van der Waals surface area contributed by atoms with Crippen molar-refractivity contribution in [2.45, 2.75) is 18.9 Å². The van der Waals surface area contributed by atoms with Gasteiger partial charge in [-0.2, -0.15) is 0 Å². The maximum atomic E-state index is 6.03. The van der Waals surface area contributed by atoms with Gasteiger partial charge in [0.05, 0.1) is 12.8 Å². The first-order chi connectivity index (χ1) is 16.6. The monoisotopic (exact) mass is 456 g/mol. The van der Waals surface area contributed by atoms with E-state index in [0.717, 1.165) is 65.2 Å². The van der Waals surface area contributed by atoms with Gasteiger partial charge in [0.15, 0.2) is 11.6 Å². The molecule has 9 heteroatoms. The molecule has 2 aromatic carbocycles. The standard InChI is InChI=1S/C25H28N8O/c1-27-25-30-8-5-21(32-25)17-13-16-3-4-19(34-2)15-20(16)22(14-17)31-18-6-11-33(12-7-18)24-23(26)28-9-10-29-24/h3-5,8-10,13-15,18,31H,6-7,11-12H2,1-2H3,(H2,26,28)(H,27,30,32). The van der Waals surface area contributed by atoms with Crippen LogP contribution in [0.4, 0.5) is 23.3 Å². The first-order valence-corrected chi connectivity index (χ1v) is 11.4. The molecular weight excluding hydrogens is 428 g/mol. The number of piperidine rings is 1. The highest BCUT2D eigenvalue weighted by atomic mass is 16.5. The fraction of sp³-hybridized carbons (Fsp3) is 0.280. The van der Waals surface area contributed by atoms with Crippen LogP contribution in [0.2, 0.25) is 0 Å². The summed E-state index contributed by atoms with van der Waals surface area (Å²) in [7, 11) is 3.51. The van der Waals surface area contributed by atoms with Crippen molar-refractivity contribution < 1.29 is 4.74 Å². The molecule has 3 heterocycles. The van der Waals surface area contributed by atoms with Gasteiger partial charge in [0.2, 0.25) is 5.95 Å². The van der Waals surface area contributed by atoms with Crippen LogP contribution in [0.25, 0.3) is 22.0 Å². The van der Waals surface area contributed by atoms with E-state index in [9.17, 15) is 0 Å². The Kier molecular flexibility index (Phi) is 5.99. The molecule has 9 nitrogen and oxygen atoms in total. The quantitative estimate of drug-likeness (QED) is 0.398. The number of anilines is 4. The summed E-state index contributed by atoms with van der Waals surface area (Å²) in [4.78, 5) is 19.7. The zero-order valence-corrected chi connectivity index (χ0v) is 19.3. The van der Waals surface area contributed by atoms with Gasteiger partial charge in [-0.25, -0.2) is 19.9 Å². The van der Waals surface area contributed by atoms with Crippen molar-refractivity contribution in [3.63, 3.8) is 0 Å². The van der Waals surface area contributed by atoms with Crippen LogP contribution in [0.15, 0.2) is 55.0 Å². The number of nitrogens with one attached hydrogen (secondary N) is 2. The molecule has 0 amide bonds. The molecule has 0 bridgehead atoms. The topological polar surface area (TPSA) is 114 Å². The highest BCUT2D eigenvalue weighted by Crippen LogP contribution is 2.34. The molecule has 1 fully saturated rings. The van der Waals surface area contributed by atoms with Crippen LogP contribution in [0.5, 0.6) is 5.75 Å². The number of benzene rings is 2. The summed E-state index contributed by atoms with van der Waals surface area (Å²) in [5, 5.41) is 9.04. The molecule has 174 valence electrons. The van der Waals surface area contributed by atoms with E-state index in [1.165, 1.54) is 0 Å². The minimum Gasteiger partial charge on any atom is -0.497 e. The first-order valence-electron chi connectivity index (χ1n) is 11.4. The zero-order chi connectivity index (χ0) is 23.5. The molecule has 0 saturated carbocycles. The molecule has 2 aromatic heterocycles. The Bertz CT molecular complexity index is 1300. The molecular formula is C25H28N8O. The maximum Gasteiger partial charge on any atom is 0.222 e. The summed E-state index contributed by atoms with van der Waals surface area (Å²) in [5.41, 5.74) is 9.00. The van der Waals surface area contributed by atoms with E-state index in [0.29, 0.717) is 17.8 Å². The predicted octanol–water partition coefficient (Wildman–Crippen LogP) is 3.80. The van der Waals surface area contributed by atoms with Crippen molar-refractivity contribution in [3.8, 4) is 17.0 Å². The van der Waals surface area contributed by atoms with E-state index < -0.39 is 0 Å². The second-order valence-corrected chi connectivity index (χ2v) is 8.30. The van der Waals surface area contributed by atoms with E-state index in [1.807, 2.05) is 19.2 Å². The minimum atomic E-state index is 0.317.